The first-order valence-electron chi connectivity index (χ1n) is 3.36. The summed E-state index contributed by atoms with van der Waals surface area (Å²) in [5.74, 6) is 0. The van der Waals surface area contributed by atoms with Crippen LogP contribution in [0.2, 0.25) is 0 Å². The van der Waals surface area contributed by atoms with Crippen LogP contribution in [-0.2, 0) is 15.0 Å². The Bertz CT molecular complexity index is 419. The molecule has 0 amide bonds. The van der Waals surface area contributed by atoms with Gasteiger partial charge < -0.3 is 0 Å². The maximum absolute atomic E-state index is 12.0. The first kappa shape index (κ1) is 11.4. The normalized spacial score (nSPS) is 12.9. The highest BCUT2D eigenvalue weighted by molar-refractivity contribution is 8.63. The van der Waals surface area contributed by atoms with Gasteiger partial charge in [-0.2, -0.15) is 13.2 Å². The summed E-state index contributed by atoms with van der Waals surface area (Å²) in [6.07, 6.45) is -4.46. The number of benzene rings is 1. The lowest BCUT2D eigenvalue weighted by Gasteiger charge is -2.06. The van der Waals surface area contributed by atoms with Gasteiger partial charge in [0.15, 0.2) is 0 Å². The molecule has 0 spiro atoms. The second-order valence-corrected chi connectivity index (χ2v) is 5.36. The smallest absolute Gasteiger partial charge is 0.212 e. The summed E-state index contributed by atoms with van der Waals surface area (Å²) in [7, 11) is -3.74. The lowest BCUT2D eigenvalue weighted by molar-refractivity contribution is -0.137. The second kappa shape index (κ2) is 3.47. The van der Waals surface area contributed by atoms with Crippen molar-refractivity contribution in [3.05, 3.63) is 29.8 Å². The maximum Gasteiger partial charge on any atom is 0.416 e. The Kier molecular flexibility index (Phi) is 2.82. The van der Waals surface area contributed by atoms with Gasteiger partial charge in [-0.05, 0) is 35.9 Å². The van der Waals surface area contributed by atoms with Gasteiger partial charge in [-0.25, -0.2) is 8.42 Å². The molecule has 14 heavy (non-hydrogen) atoms. The molecule has 0 heterocycles. The van der Waals surface area contributed by atoms with Gasteiger partial charge in [0.1, 0.15) is 0 Å². The molecule has 0 fully saturated rings. The zero-order valence-corrected chi connectivity index (χ0v) is 8.33. The van der Waals surface area contributed by atoms with Crippen LogP contribution in [0.5, 0.6) is 0 Å². The topological polar surface area (TPSA) is 34.1 Å². The molecule has 0 saturated carbocycles. The third kappa shape index (κ3) is 2.65. The number of halogens is 3. The molecule has 78 valence electrons. The van der Waals surface area contributed by atoms with E-state index in [1.54, 1.807) is 0 Å². The summed E-state index contributed by atoms with van der Waals surface area (Å²) in [5.41, 5.74) is -0.891. The molecule has 0 saturated heterocycles. The average molecular weight is 242 g/mol. The van der Waals surface area contributed by atoms with E-state index in [1.165, 1.54) is 0 Å². The van der Waals surface area contributed by atoms with Gasteiger partial charge in [0.25, 0.3) is 0 Å². The minimum atomic E-state index is -4.46. The van der Waals surface area contributed by atoms with Crippen LogP contribution in [0.3, 0.4) is 0 Å². The molecular weight excluding hydrogens is 237 g/mol. The van der Waals surface area contributed by atoms with E-state index in [1.807, 2.05) is 0 Å². The molecule has 0 aromatic heterocycles. The van der Waals surface area contributed by atoms with E-state index in [0.29, 0.717) is 12.1 Å². The van der Waals surface area contributed by atoms with Crippen molar-refractivity contribution in [3.8, 4) is 0 Å². The van der Waals surface area contributed by atoms with Crippen LogP contribution in [0.25, 0.3) is 0 Å². The second-order valence-electron chi connectivity index (χ2n) is 2.50. The van der Waals surface area contributed by atoms with Crippen LogP contribution in [-0.4, -0.2) is 8.42 Å². The van der Waals surface area contributed by atoms with Crippen molar-refractivity contribution in [2.24, 2.45) is 0 Å². The lowest BCUT2D eigenvalue weighted by atomic mass is 10.2. The molecule has 0 N–H and O–H groups in total. The first-order chi connectivity index (χ1) is 6.21. The Morgan fingerprint density at radius 3 is 1.79 bits per heavy atom. The van der Waals surface area contributed by atoms with E-state index < -0.39 is 20.6 Å². The number of rotatable bonds is 1. The highest BCUT2D eigenvalue weighted by Gasteiger charge is 2.30. The van der Waals surface area contributed by atoms with Crippen molar-refractivity contribution in [2.45, 2.75) is 11.1 Å². The Morgan fingerprint density at radius 1 is 1.07 bits per heavy atom. The average Bonchev–Trinajstić information content (AvgIpc) is 2.01. The van der Waals surface area contributed by atoms with Crippen LogP contribution < -0.4 is 0 Å². The molecule has 0 radical (unpaired) electrons. The van der Waals surface area contributed by atoms with Gasteiger partial charge in [-0.3, -0.25) is 0 Å². The van der Waals surface area contributed by atoms with Gasteiger partial charge in [0.05, 0.1) is 10.5 Å². The highest BCUT2D eigenvalue weighted by Crippen LogP contribution is 2.30. The van der Waals surface area contributed by atoms with Crippen LogP contribution in [0.15, 0.2) is 29.2 Å². The van der Waals surface area contributed by atoms with Crippen molar-refractivity contribution in [3.63, 3.8) is 0 Å². The SMILES string of the molecule is O=S(=O)(S)c1ccc(C(F)(F)F)cc1. The summed E-state index contributed by atoms with van der Waals surface area (Å²) in [6.45, 7) is 0. The van der Waals surface area contributed by atoms with Crippen LogP contribution in [0.1, 0.15) is 5.56 Å². The van der Waals surface area contributed by atoms with Crippen LogP contribution >= 0.6 is 11.7 Å². The van der Waals surface area contributed by atoms with E-state index in [9.17, 15) is 21.6 Å². The first-order valence-corrected chi connectivity index (χ1v) is 5.89. The predicted molar refractivity (Wildman–Crippen MR) is 47.6 cm³/mol. The minimum absolute atomic E-state index is 0.256. The highest BCUT2D eigenvalue weighted by atomic mass is 33.1. The Balaban J connectivity index is 3.14. The Labute approximate surface area is 83.5 Å². The molecule has 0 unspecified atom stereocenters. The van der Waals surface area contributed by atoms with Crippen LogP contribution in [0.4, 0.5) is 13.2 Å². The van der Waals surface area contributed by atoms with E-state index >= 15 is 0 Å². The van der Waals surface area contributed by atoms with Crippen molar-refractivity contribution in [1.82, 2.24) is 0 Å². The third-order valence-corrected chi connectivity index (χ3v) is 2.98. The lowest BCUT2D eigenvalue weighted by Crippen LogP contribution is -2.04. The number of hydrogen-bond donors (Lipinski definition) is 1. The molecule has 0 atom stereocenters. The van der Waals surface area contributed by atoms with E-state index in [2.05, 4.69) is 11.7 Å². The fourth-order valence-electron chi connectivity index (χ4n) is 0.816. The molecule has 0 aliphatic rings. The van der Waals surface area contributed by atoms with Crippen LogP contribution in [0, 0.1) is 0 Å². The van der Waals surface area contributed by atoms with E-state index in [0.717, 1.165) is 12.1 Å². The summed E-state index contributed by atoms with van der Waals surface area (Å²) < 4.78 is 57.7. The summed E-state index contributed by atoms with van der Waals surface area (Å²) in [6, 6.07) is 3.13. The zero-order chi connectivity index (χ0) is 11.0. The zero-order valence-electron chi connectivity index (χ0n) is 6.62. The standard InChI is InChI=1S/C7H5F3O2S2/c8-7(9,10)5-1-3-6(4-2-5)14(11,12)13/h1-4H,(H,11,12,13). The molecule has 0 aliphatic carbocycles. The molecule has 1 rings (SSSR count). The van der Waals surface area contributed by atoms with Gasteiger partial charge in [0.2, 0.25) is 8.87 Å². The monoisotopic (exact) mass is 242 g/mol. The van der Waals surface area contributed by atoms with Crippen molar-refractivity contribution < 1.29 is 21.6 Å². The number of thiol groups is 1. The number of hydrogen-bond acceptors (Lipinski definition) is 2. The summed E-state index contributed by atoms with van der Waals surface area (Å²) >= 11 is 3.24. The van der Waals surface area contributed by atoms with Gasteiger partial charge in [-0.15, -0.1) is 0 Å². The Hall–Kier alpha value is -0.690. The Morgan fingerprint density at radius 2 is 1.50 bits per heavy atom. The van der Waals surface area contributed by atoms with E-state index in [-0.39, 0.29) is 4.90 Å². The molecule has 1 aromatic carbocycles. The molecule has 0 bridgehead atoms. The quantitative estimate of drug-likeness (QED) is 0.605. The van der Waals surface area contributed by atoms with Crippen molar-refractivity contribution in [2.75, 3.05) is 0 Å². The summed E-state index contributed by atoms with van der Waals surface area (Å²) in [4.78, 5) is -0.256. The minimum Gasteiger partial charge on any atom is -0.212 e. The van der Waals surface area contributed by atoms with Crippen molar-refractivity contribution in [1.29, 1.82) is 0 Å². The number of alkyl halides is 3. The van der Waals surface area contributed by atoms with Gasteiger partial charge in [0, 0.05) is 0 Å². The predicted octanol–water partition coefficient (Wildman–Crippen LogP) is 2.32. The van der Waals surface area contributed by atoms with Gasteiger partial charge in [-0.1, -0.05) is 0 Å². The molecule has 1 aromatic rings. The molecule has 7 heteroatoms. The molecular formula is C7H5F3O2S2. The largest absolute Gasteiger partial charge is 0.416 e. The van der Waals surface area contributed by atoms with E-state index in [4.69, 9.17) is 0 Å². The van der Waals surface area contributed by atoms with Crippen molar-refractivity contribution >= 4 is 20.5 Å². The fourth-order valence-corrected chi connectivity index (χ4v) is 1.66. The summed E-state index contributed by atoms with van der Waals surface area (Å²) in [5, 5.41) is 0. The maximum atomic E-state index is 12.0. The fraction of sp³-hybridized carbons (Fsp3) is 0.143. The van der Waals surface area contributed by atoms with Gasteiger partial charge >= 0.3 is 6.18 Å². The molecule has 2 nitrogen and oxygen atoms in total. The molecule has 0 aliphatic heterocycles. The third-order valence-electron chi connectivity index (χ3n) is 1.48.